The van der Waals surface area contributed by atoms with Crippen LogP contribution in [0.5, 0.6) is 0 Å². The van der Waals surface area contributed by atoms with Crippen molar-refractivity contribution in [2.45, 2.75) is 25.2 Å². The van der Waals surface area contributed by atoms with Gasteiger partial charge in [0.1, 0.15) is 17.9 Å². The van der Waals surface area contributed by atoms with E-state index in [1.54, 1.807) is 0 Å². The summed E-state index contributed by atoms with van der Waals surface area (Å²) in [4.78, 5) is 39.9. The second-order valence-electron chi connectivity index (χ2n) is 4.24. The Morgan fingerprint density at radius 3 is 2.77 bits per heavy atom. The highest BCUT2D eigenvalue weighted by molar-refractivity contribution is 7.71. The lowest BCUT2D eigenvalue weighted by Gasteiger charge is -2.16. The zero-order valence-corrected chi connectivity index (χ0v) is 13.9. The minimum atomic E-state index is -4.26. The molecule has 2 rings (SSSR count). The second-order valence-corrected chi connectivity index (χ2v) is 6.32. The average Bonchev–Trinajstić information content (AvgIpc) is 2.91. The third-order valence-electron chi connectivity index (χ3n) is 2.75. The molecule has 0 saturated carbocycles. The normalized spacial score (nSPS) is 21.4. The minimum Gasteiger partial charge on any atom is -0.352 e. The second kappa shape index (κ2) is 8.42. The highest BCUT2D eigenvalue weighted by Gasteiger charge is 2.37. The fraction of sp³-hybridized carbons (Fsp3) is 0.600. The van der Waals surface area contributed by atoms with Gasteiger partial charge in [0.05, 0.1) is 13.3 Å². The predicted octanol–water partition coefficient (Wildman–Crippen LogP) is 1.49. The van der Waals surface area contributed by atoms with E-state index in [1.807, 2.05) is 0 Å². The first-order chi connectivity index (χ1) is 10.3. The molecule has 0 amide bonds. The molecular weight excluding hydrogens is 362 g/mol. The summed E-state index contributed by atoms with van der Waals surface area (Å²) >= 11 is 10.8. The summed E-state index contributed by atoms with van der Waals surface area (Å²) in [5.41, 5.74) is -0.471. The van der Waals surface area contributed by atoms with E-state index in [-0.39, 0.29) is 16.4 Å². The molecule has 1 aromatic rings. The van der Waals surface area contributed by atoms with Gasteiger partial charge in [-0.25, -0.2) is 0 Å². The number of alkyl halides is 1. The SMILES string of the molecule is CF.O=c1[nH]c(=S)n(C2CCC(CO[P+](O)(O)O)O2)cc1Cl. The van der Waals surface area contributed by atoms with Crippen LogP contribution in [0.1, 0.15) is 19.1 Å². The minimum absolute atomic E-state index is 0.00656. The molecule has 22 heavy (non-hydrogen) atoms. The van der Waals surface area contributed by atoms with Gasteiger partial charge in [0, 0.05) is 6.20 Å². The molecule has 1 aliphatic heterocycles. The third kappa shape index (κ3) is 5.64. The molecule has 1 fully saturated rings. The number of halogens is 2. The molecule has 1 aromatic heterocycles. The fourth-order valence-electron chi connectivity index (χ4n) is 1.87. The predicted molar refractivity (Wildman–Crippen MR) is 80.6 cm³/mol. The van der Waals surface area contributed by atoms with Crippen LogP contribution in [0.2, 0.25) is 5.02 Å². The van der Waals surface area contributed by atoms with Gasteiger partial charge in [0.25, 0.3) is 5.56 Å². The molecule has 0 bridgehead atoms. The molecule has 0 radical (unpaired) electrons. The van der Waals surface area contributed by atoms with Crippen molar-refractivity contribution in [3.63, 3.8) is 0 Å². The first-order valence-electron chi connectivity index (χ1n) is 6.02. The van der Waals surface area contributed by atoms with Crippen LogP contribution in [0.25, 0.3) is 0 Å². The number of H-pyrrole nitrogens is 1. The Morgan fingerprint density at radius 2 is 2.18 bits per heavy atom. The van der Waals surface area contributed by atoms with Gasteiger partial charge in [0.2, 0.25) is 0 Å². The van der Waals surface area contributed by atoms with Crippen LogP contribution in [0, 0.1) is 4.77 Å². The van der Waals surface area contributed by atoms with Crippen molar-refractivity contribution in [1.29, 1.82) is 0 Å². The van der Waals surface area contributed by atoms with Crippen LogP contribution in [0.3, 0.4) is 0 Å². The van der Waals surface area contributed by atoms with Gasteiger partial charge in [0.15, 0.2) is 4.77 Å². The van der Waals surface area contributed by atoms with E-state index in [4.69, 9.17) is 43.2 Å². The summed E-state index contributed by atoms with van der Waals surface area (Å²) in [6.45, 7) is -0.155. The number of aromatic amines is 1. The number of ether oxygens (including phenoxy) is 1. The molecular formula is C10H16ClFN2O6PS+. The number of rotatable bonds is 4. The molecule has 1 saturated heterocycles. The van der Waals surface area contributed by atoms with Crippen molar-refractivity contribution < 1.29 is 28.3 Å². The quantitative estimate of drug-likeness (QED) is 0.464. The summed E-state index contributed by atoms with van der Waals surface area (Å²) in [5, 5.41) is -0.00656. The topological polar surface area (TPSA) is 117 Å². The monoisotopic (exact) mass is 377 g/mol. The molecule has 2 unspecified atom stereocenters. The van der Waals surface area contributed by atoms with Crippen molar-refractivity contribution in [3.05, 3.63) is 26.3 Å². The van der Waals surface area contributed by atoms with E-state index in [2.05, 4.69) is 9.51 Å². The Morgan fingerprint density at radius 1 is 1.55 bits per heavy atom. The zero-order chi connectivity index (χ0) is 16.9. The van der Waals surface area contributed by atoms with Crippen LogP contribution in [-0.4, -0.2) is 44.1 Å². The third-order valence-corrected chi connectivity index (χ3v) is 3.83. The van der Waals surface area contributed by atoms with Crippen LogP contribution >= 0.6 is 32.0 Å². The van der Waals surface area contributed by atoms with Crippen molar-refractivity contribution in [3.8, 4) is 0 Å². The smallest absolute Gasteiger partial charge is 0.352 e. The summed E-state index contributed by atoms with van der Waals surface area (Å²) in [6, 6.07) is 0. The number of aromatic nitrogens is 2. The maximum atomic E-state index is 11.3. The molecule has 0 aliphatic carbocycles. The van der Waals surface area contributed by atoms with Gasteiger partial charge in [-0.05, 0) is 25.1 Å². The van der Waals surface area contributed by atoms with Crippen molar-refractivity contribution in [1.82, 2.24) is 9.55 Å². The van der Waals surface area contributed by atoms with Crippen LogP contribution in [0.15, 0.2) is 11.0 Å². The van der Waals surface area contributed by atoms with E-state index in [0.717, 1.165) is 0 Å². The Hall–Kier alpha value is -0.450. The summed E-state index contributed by atoms with van der Waals surface area (Å²) < 4.78 is 21.3. The first-order valence-corrected chi connectivity index (χ1v) is 8.37. The first kappa shape index (κ1) is 19.6. The highest BCUT2D eigenvalue weighted by atomic mass is 35.5. The summed E-state index contributed by atoms with van der Waals surface area (Å²) in [7, 11) is -3.76. The number of hydrogen-bond acceptors (Lipinski definition) is 7. The van der Waals surface area contributed by atoms with E-state index in [9.17, 15) is 9.18 Å². The zero-order valence-electron chi connectivity index (χ0n) is 11.5. The van der Waals surface area contributed by atoms with E-state index in [0.29, 0.717) is 20.0 Å². The maximum Gasteiger partial charge on any atom is 0.567 e. The molecule has 2 heterocycles. The Bertz CT molecular complexity index is 606. The maximum absolute atomic E-state index is 11.3. The molecule has 0 spiro atoms. The van der Waals surface area contributed by atoms with E-state index < -0.39 is 26.1 Å². The Kier molecular flexibility index (Phi) is 7.50. The lowest BCUT2D eigenvalue weighted by atomic mass is 10.2. The number of nitrogens with one attached hydrogen (secondary N) is 1. The summed E-state index contributed by atoms with van der Waals surface area (Å²) in [5.74, 6) is 0. The molecule has 8 nitrogen and oxygen atoms in total. The van der Waals surface area contributed by atoms with Crippen LogP contribution < -0.4 is 5.56 Å². The van der Waals surface area contributed by atoms with E-state index >= 15 is 0 Å². The van der Waals surface area contributed by atoms with Gasteiger partial charge >= 0.3 is 8.17 Å². The average molecular weight is 378 g/mol. The largest absolute Gasteiger partial charge is 0.567 e. The highest BCUT2D eigenvalue weighted by Crippen LogP contribution is 2.46. The number of nitrogens with zero attached hydrogens (tertiary/aromatic N) is 1. The fourth-order valence-corrected chi connectivity index (χ4v) is 2.65. The van der Waals surface area contributed by atoms with Gasteiger partial charge in [-0.15, -0.1) is 0 Å². The number of hydrogen-bond donors (Lipinski definition) is 4. The van der Waals surface area contributed by atoms with Gasteiger partial charge in [-0.1, -0.05) is 11.6 Å². The van der Waals surface area contributed by atoms with Crippen LogP contribution in [-0.2, 0) is 9.26 Å². The standard InChI is InChI=1S/C9H12ClN2O6PS.CH3F/c10-6-3-12(9(20)11-8(6)13)7-2-1-5(18-7)4-17-19(14,15)16;1-2/h3,5,7,14-16H,1-2,4H2;1H3/p+1. The lowest BCUT2D eigenvalue weighted by molar-refractivity contribution is -0.0262. The van der Waals surface area contributed by atoms with Gasteiger partial charge < -0.3 is 4.74 Å². The van der Waals surface area contributed by atoms with Gasteiger partial charge in [-0.2, -0.15) is 19.2 Å². The summed E-state index contributed by atoms with van der Waals surface area (Å²) in [6.07, 6.45) is 1.69. The molecule has 1 aliphatic rings. The van der Waals surface area contributed by atoms with Gasteiger partial charge in [-0.3, -0.25) is 18.7 Å². The Labute approximate surface area is 135 Å². The van der Waals surface area contributed by atoms with Crippen molar-refractivity contribution in [2.75, 3.05) is 13.8 Å². The Balaban J connectivity index is 0.00000116. The molecule has 2 atom stereocenters. The lowest BCUT2D eigenvalue weighted by Crippen LogP contribution is -2.20. The molecule has 4 N–H and O–H groups in total. The molecule has 0 aromatic carbocycles. The van der Waals surface area contributed by atoms with E-state index in [1.165, 1.54) is 10.8 Å². The van der Waals surface area contributed by atoms with Crippen molar-refractivity contribution in [2.24, 2.45) is 0 Å². The van der Waals surface area contributed by atoms with Crippen LogP contribution in [0.4, 0.5) is 4.39 Å². The molecule has 12 heteroatoms. The van der Waals surface area contributed by atoms with Crippen molar-refractivity contribution >= 4 is 32.0 Å². The molecule has 126 valence electrons.